The Morgan fingerprint density at radius 3 is 2.11 bits per heavy atom. The van der Waals surface area contributed by atoms with Gasteiger partial charge in [-0.3, -0.25) is 0 Å². The highest BCUT2D eigenvalue weighted by atomic mass is 16.5. The van der Waals surface area contributed by atoms with Crippen LogP contribution < -0.4 is 4.74 Å². The van der Waals surface area contributed by atoms with Gasteiger partial charge in [-0.25, -0.2) is 9.97 Å². The van der Waals surface area contributed by atoms with Crippen LogP contribution in [0.1, 0.15) is 30.5 Å². The van der Waals surface area contributed by atoms with Crippen LogP contribution >= 0.6 is 0 Å². The van der Waals surface area contributed by atoms with Gasteiger partial charge in [0.25, 0.3) is 0 Å². The second-order valence-electron chi connectivity index (χ2n) is 14.1. The number of nitrogens with zero attached hydrogens (tertiary/aromatic N) is 3. The van der Waals surface area contributed by atoms with Crippen molar-refractivity contribution in [2.45, 2.75) is 19.3 Å². The minimum atomic E-state index is -0.291. The molecule has 1 aliphatic rings. The first-order valence-electron chi connectivity index (χ1n) is 17.7. The summed E-state index contributed by atoms with van der Waals surface area (Å²) in [5, 5.41) is 13.4. The molecule has 0 amide bonds. The van der Waals surface area contributed by atoms with Gasteiger partial charge in [-0.1, -0.05) is 117 Å². The van der Waals surface area contributed by atoms with Crippen LogP contribution in [0.25, 0.3) is 77.7 Å². The summed E-state index contributed by atoms with van der Waals surface area (Å²) in [5.74, 6) is 2.29. The molecule has 0 N–H and O–H groups in total. The van der Waals surface area contributed by atoms with Gasteiger partial charge in [0.05, 0.1) is 22.8 Å². The number of aromatic nitrogens is 2. The molecule has 7 aromatic carbocycles. The Morgan fingerprint density at radius 1 is 0.528 bits per heavy atom. The van der Waals surface area contributed by atoms with Crippen molar-refractivity contribution in [1.29, 1.82) is 5.26 Å². The summed E-state index contributed by atoms with van der Waals surface area (Å²) in [6.07, 6.45) is 0. The van der Waals surface area contributed by atoms with Crippen molar-refractivity contribution in [3.8, 4) is 62.5 Å². The number of furan rings is 1. The van der Waals surface area contributed by atoms with Crippen LogP contribution in [-0.4, -0.2) is 9.97 Å². The lowest BCUT2D eigenvalue weighted by Crippen LogP contribution is -2.24. The number of fused-ring (bicyclic) bond motifs is 6. The van der Waals surface area contributed by atoms with Gasteiger partial charge in [0.2, 0.25) is 0 Å². The summed E-state index contributed by atoms with van der Waals surface area (Å²) < 4.78 is 12.6. The number of hydrogen-bond acceptors (Lipinski definition) is 5. The predicted molar refractivity (Wildman–Crippen MR) is 212 cm³/mol. The van der Waals surface area contributed by atoms with Crippen molar-refractivity contribution in [1.82, 2.24) is 9.97 Å². The zero-order valence-corrected chi connectivity index (χ0v) is 29.1. The molecule has 0 saturated carbocycles. The third kappa shape index (κ3) is 4.99. The maximum absolute atomic E-state index is 10.2. The normalized spacial score (nSPS) is 13.0. The van der Waals surface area contributed by atoms with E-state index < -0.39 is 0 Å². The molecule has 0 atom stereocenters. The third-order valence-electron chi connectivity index (χ3n) is 10.6. The minimum absolute atomic E-state index is 0.291. The summed E-state index contributed by atoms with van der Waals surface area (Å²) >= 11 is 0. The second kappa shape index (κ2) is 11.8. The van der Waals surface area contributed by atoms with Crippen molar-refractivity contribution in [3.63, 3.8) is 0 Å². The van der Waals surface area contributed by atoms with E-state index in [-0.39, 0.29) is 5.41 Å². The summed E-state index contributed by atoms with van der Waals surface area (Å²) in [4.78, 5) is 10.2. The average Bonchev–Trinajstić information content (AvgIpc) is 3.58. The molecular formula is C48H31N3O2. The molecule has 5 heteroatoms. The Balaban J connectivity index is 1.01. The quantitative estimate of drug-likeness (QED) is 0.185. The lowest BCUT2D eigenvalue weighted by atomic mass is 9.74. The molecule has 0 aliphatic carbocycles. The molecule has 0 radical (unpaired) electrons. The first-order valence-corrected chi connectivity index (χ1v) is 17.7. The molecule has 5 nitrogen and oxygen atoms in total. The standard InChI is InChI=1S/C48H31N3O2/c1-48(2)39-14-5-8-17-43(39)53-45-27-38(34(28-49)25-40(45)48)30-20-18-29(19-21-30)31-10-9-11-33(24-31)47-50-41-15-6-3-13-37(41)46(51-47)32-22-23-36-35-12-4-7-16-42(35)52-44(36)26-32/h3-27H,1-2H3. The van der Waals surface area contributed by atoms with Crippen molar-refractivity contribution in [2.75, 3.05) is 0 Å². The molecule has 0 fully saturated rings. The van der Waals surface area contributed by atoms with E-state index >= 15 is 0 Å². The molecule has 9 aromatic rings. The molecule has 2 aromatic heterocycles. The number of nitriles is 1. The van der Waals surface area contributed by atoms with E-state index in [1.54, 1.807) is 0 Å². The first-order chi connectivity index (χ1) is 25.9. The van der Waals surface area contributed by atoms with Crippen molar-refractivity contribution in [3.05, 3.63) is 168 Å². The van der Waals surface area contributed by atoms with E-state index in [1.807, 2.05) is 72.8 Å². The fraction of sp³-hybridized carbons (Fsp3) is 0.0625. The summed E-state index contributed by atoms with van der Waals surface area (Å²) in [7, 11) is 0. The van der Waals surface area contributed by atoms with Crippen LogP contribution in [0.5, 0.6) is 11.5 Å². The molecule has 10 rings (SSSR count). The average molecular weight is 682 g/mol. The fourth-order valence-corrected chi connectivity index (χ4v) is 7.80. The van der Waals surface area contributed by atoms with Crippen LogP contribution in [0.4, 0.5) is 0 Å². The van der Waals surface area contributed by atoms with Gasteiger partial charge in [-0.15, -0.1) is 0 Å². The van der Waals surface area contributed by atoms with E-state index in [9.17, 15) is 5.26 Å². The number of ether oxygens (including phenoxy) is 1. The second-order valence-corrected chi connectivity index (χ2v) is 14.1. The Morgan fingerprint density at radius 2 is 1.25 bits per heavy atom. The maximum atomic E-state index is 10.2. The summed E-state index contributed by atoms with van der Waals surface area (Å²) in [5.41, 5.74) is 11.7. The Labute approximate surface area is 306 Å². The number of hydrogen-bond donors (Lipinski definition) is 0. The third-order valence-corrected chi connectivity index (χ3v) is 10.6. The topological polar surface area (TPSA) is 71.9 Å². The number of rotatable bonds is 4. The van der Waals surface area contributed by atoms with E-state index in [2.05, 4.69) is 98.8 Å². The van der Waals surface area contributed by atoms with Gasteiger partial charge in [0.1, 0.15) is 22.7 Å². The zero-order chi connectivity index (χ0) is 35.7. The molecule has 3 heterocycles. The Kier molecular flexibility index (Phi) is 6.83. The Hall–Kier alpha value is -7.03. The van der Waals surface area contributed by atoms with E-state index in [1.165, 1.54) is 0 Å². The SMILES string of the molecule is CC1(C)c2ccccc2Oc2cc(-c3ccc(-c4cccc(-c5nc(-c6ccc7c(c6)oc6ccccc67)c6ccccc6n5)c4)cc3)c(C#N)cc21. The van der Waals surface area contributed by atoms with Crippen molar-refractivity contribution in [2.24, 2.45) is 0 Å². The van der Waals surface area contributed by atoms with Gasteiger partial charge >= 0.3 is 0 Å². The van der Waals surface area contributed by atoms with Gasteiger partial charge in [-0.05, 0) is 65.2 Å². The van der Waals surface area contributed by atoms with E-state index in [0.717, 1.165) is 94.5 Å². The molecule has 0 spiro atoms. The predicted octanol–water partition coefficient (Wildman–Crippen LogP) is 12.5. The van der Waals surface area contributed by atoms with Gasteiger partial charge in [-0.2, -0.15) is 5.26 Å². The molecule has 1 aliphatic heterocycles. The van der Waals surface area contributed by atoms with E-state index in [4.69, 9.17) is 19.1 Å². The van der Waals surface area contributed by atoms with E-state index in [0.29, 0.717) is 11.4 Å². The molecule has 0 unspecified atom stereocenters. The lowest BCUT2D eigenvalue weighted by molar-refractivity contribution is 0.418. The number of para-hydroxylation sites is 3. The first kappa shape index (κ1) is 30.8. The minimum Gasteiger partial charge on any atom is -0.457 e. The molecule has 53 heavy (non-hydrogen) atoms. The van der Waals surface area contributed by atoms with Crippen LogP contribution in [0.15, 0.2) is 156 Å². The number of benzene rings is 7. The highest BCUT2D eigenvalue weighted by molar-refractivity contribution is 6.06. The monoisotopic (exact) mass is 681 g/mol. The summed E-state index contributed by atoms with van der Waals surface area (Å²) in [6, 6.07) is 53.8. The van der Waals surface area contributed by atoms with Gasteiger partial charge in [0, 0.05) is 49.4 Å². The van der Waals surface area contributed by atoms with Gasteiger partial charge < -0.3 is 9.15 Å². The van der Waals surface area contributed by atoms with Crippen LogP contribution in [0, 0.1) is 11.3 Å². The zero-order valence-electron chi connectivity index (χ0n) is 29.1. The molecule has 250 valence electrons. The largest absolute Gasteiger partial charge is 0.457 e. The summed E-state index contributed by atoms with van der Waals surface area (Å²) in [6.45, 7) is 4.36. The Bertz CT molecular complexity index is 2970. The highest BCUT2D eigenvalue weighted by Gasteiger charge is 2.35. The van der Waals surface area contributed by atoms with Crippen LogP contribution in [0.3, 0.4) is 0 Å². The maximum Gasteiger partial charge on any atom is 0.160 e. The van der Waals surface area contributed by atoms with Crippen molar-refractivity contribution >= 4 is 32.8 Å². The molecular weight excluding hydrogens is 651 g/mol. The van der Waals surface area contributed by atoms with Crippen LogP contribution in [0.2, 0.25) is 0 Å². The van der Waals surface area contributed by atoms with Gasteiger partial charge in [0.15, 0.2) is 5.82 Å². The lowest BCUT2D eigenvalue weighted by Gasteiger charge is -2.35. The van der Waals surface area contributed by atoms with Crippen LogP contribution in [-0.2, 0) is 5.41 Å². The molecule has 0 saturated heterocycles. The highest BCUT2D eigenvalue weighted by Crippen LogP contribution is 2.49. The fourth-order valence-electron chi connectivity index (χ4n) is 7.80. The molecule has 0 bridgehead atoms. The van der Waals surface area contributed by atoms with Crippen molar-refractivity contribution < 1.29 is 9.15 Å². The smallest absolute Gasteiger partial charge is 0.160 e.